The molecule has 0 bridgehead atoms. The number of nitrogens with one attached hydrogen (secondary N) is 1. The van der Waals surface area contributed by atoms with E-state index < -0.39 is 5.97 Å². The first-order valence-corrected chi connectivity index (χ1v) is 9.46. The lowest BCUT2D eigenvalue weighted by molar-refractivity contribution is 0.0697. The number of ether oxygens (including phenoxy) is 1. The lowest BCUT2D eigenvalue weighted by Gasteiger charge is -2.15. The average Bonchev–Trinajstić information content (AvgIpc) is 3.06. The molecule has 0 saturated heterocycles. The molecule has 0 amide bonds. The zero-order valence-electron chi connectivity index (χ0n) is 17.7. The molecule has 2 N–H and O–H groups in total. The highest BCUT2D eigenvalue weighted by Crippen LogP contribution is 2.31. The van der Waals surface area contributed by atoms with Crippen LogP contribution in [0.1, 0.15) is 48.0 Å². The van der Waals surface area contributed by atoms with Gasteiger partial charge in [0.1, 0.15) is 11.6 Å². The van der Waals surface area contributed by atoms with E-state index >= 15 is 0 Å². The van der Waals surface area contributed by atoms with Crippen LogP contribution in [0.2, 0.25) is 0 Å². The lowest BCUT2D eigenvalue weighted by Crippen LogP contribution is -2.13. The van der Waals surface area contributed by atoms with E-state index in [0.29, 0.717) is 17.3 Å². The molecular weight excluding hydrogens is 366 g/mol. The summed E-state index contributed by atoms with van der Waals surface area (Å²) in [5.41, 5.74) is 4.57. The van der Waals surface area contributed by atoms with Gasteiger partial charge in [0.15, 0.2) is 0 Å². The Balaban J connectivity index is 2.14. The largest absolute Gasteiger partial charge is 0.497 e. The van der Waals surface area contributed by atoms with Gasteiger partial charge in [-0.2, -0.15) is 5.10 Å². The molecule has 0 aliphatic heterocycles. The van der Waals surface area contributed by atoms with Crippen molar-refractivity contribution >= 4 is 17.5 Å². The van der Waals surface area contributed by atoms with Gasteiger partial charge in [0.05, 0.1) is 29.7 Å². The smallest absolute Gasteiger partial charge is 0.337 e. The number of rotatable bonds is 5. The fourth-order valence-corrected chi connectivity index (χ4v) is 3.14. The molecule has 0 spiro atoms. The molecule has 1 heterocycles. The summed E-state index contributed by atoms with van der Waals surface area (Å²) in [6.45, 7) is 10.4. The number of aromatic carboxylic acids is 1. The summed E-state index contributed by atoms with van der Waals surface area (Å²) in [5, 5.41) is 17.7. The molecule has 3 rings (SSSR count). The minimum absolute atomic E-state index is 0.134. The fraction of sp³-hybridized carbons (Fsp3) is 0.304. The number of aromatic nitrogens is 2. The highest BCUT2D eigenvalue weighted by molar-refractivity contribution is 5.95. The molecule has 29 heavy (non-hydrogen) atoms. The Bertz CT molecular complexity index is 1060. The Morgan fingerprint density at radius 2 is 1.83 bits per heavy atom. The lowest BCUT2D eigenvalue weighted by atomic mass is 9.92. The van der Waals surface area contributed by atoms with E-state index in [4.69, 9.17) is 9.84 Å². The highest BCUT2D eigenvalue weighted by Gasteiger charge is 2.22. The predicted molar refractivity (Wildman–Crippen MR) is 115 cm³/mol. The predicted octanol–water partition coefficient (Wildman–Crippen LogP) is 5.24. The second-order valence-electron chi connectivity index (χ2n) is 8.21. The molecule has 0 radical (unpaired) electrons. The van der Waals surface area contributed by atoms with Crippen molar-refractivity contribution in [3.63, 3.8) is 0 Å². The molecule has 0 fully saturated rings. The Morgan fingerprint density at radius 3 is 2.41 bits per heavy atom. The topological polar surface area (TPSA) is 76.4 Å². The van der Waals surface area contributed by atoms with E-state index in [0.717, 1.165) is 16.9 Å². The van der Waals surface area contributed by atoms with Gasteiger partial charge in [-0.15, -0.1) is 0 Å². The van der Waals surface area contributed by atoms with Crippen molar-refractivity contribution in [3.05, 3.63) is 64.8 Å². The Hall–Kier alpha value is -3.28. The van der Waals surface area contributed by atoms with Crippen molar-refractivity contribution in [3.8, 4) is 11.4 Å². The second-order valence-corrected chi connectivity index (χ2v) is 8.21. The Kier molecular flexibility index (Phi) is 5.38. The normalized spacial score (nSPS) is 11.4. The molecule has 0 atom stereocenters. The average molecular weight is 393 g/mol. The van der Waals surface area contributed by atoms with Crippen molar-refractivity contribution in [2.75, 3.05) is 12.4 Å². The molecule has 0 aliphatic carbocycles. The van der Waals surface area contributed by atoms with Crippen LogP contribution in [0.5, 0.6) is 5.75 Å². The SMILES string of the molecule is COc1ccc(Nc2cc(C(C)(C)C)nn2-c2ccc(C)cc2C)c(C(=O)O)c1. The van der Waals surface area contributed by atoms with E-state index in [1.807, 2.05) is 29.8 Å². The number of aryl methyl sites for hydroxylation is 2. The van der Waals surface area contributed by atoms with Crippen LogP contribution < -0.4 is 10.1 Å². The monoisotopic (exact) mass is 393 g/mol. The van der Waals surface area contributed by atoms with E-state index in [-0.39, 0.29) is 11.0 Å². The van der Waals surface area contributed by atoms with E-state index in [1.165, 1.54) is 18.7 Å². The van der Waals surface area contributed by atoms with E-state index in [1.54, 1.807) is 12.1 Å². The van der Waals surface area contributed by atoms with Gasteiger partial charge in [0.25, 0.3) is 0 Å². The second kappa shape index (κ2) is 7.62. The molecular formula is C23H27N3O3. The Morgan fingerprint density at radius 1 is 1.10 bits per heavy atom. The van der Waals surface area contributed by atoms with Crippen LogP contribution in [0.15, 0.2) is 42.5 Å². The number of hydrogen-bond acceptors (Lipinski definition) is 4. The fourth-order valence-electron chi connectivity index (χ4n) is 3.14. The maximum Gasteiger partial charge on any atom is 0.337 e. The summed E-state index contributed by atoms with van der Waals surface area (Å²) < 4.78 is 7.01. The van der Waals surface area contributed by atoms with Gasteiger partial charge < -0.3 is 15.2 Å². The third kappa shape index (κ3) is 4.26. The quantitative estimate of drug-likeness (QED) is 0.620. The summed E-state index contributed by atoms with van der Waals surface area (Å²) in [4.78, 5) is 11.8. The maximum atomic E-state index is 11.8. The number of carboxylic acid groups (broad SMARTS) is 1. The van der Waals surface area contributed by atoms with Crippen molar-refractivity contribution in [2.45, 2.75) is 40.0 Å². The summed E-state index contributed by atoms with van der Waals surface area (Å²) in [6.07, 6.45) is 0. The van der Waals surface area contributed by atoms with Crippen LogP contribution >= 0.6 is 0 Å². The summed E-state index contributed by atoms with van der Waals surface area (Å²) in [6, 6.07) is 13.1. The third-order valence-electron chi connectivity index (χ3n) is 4.78. The zero-order chi connectivity index (χ0) is 21.3. The summed E-state index contributed by atoms with van der Waals surface area (Å²) in [7, 11) is 1.51. The first-order chi connectivity index (χ1) is 13.6. The summed E-state index contributed by atoms with van der Waals surface area (Å²) in [5.74, 6) is 0.167. The molecule has 152 valence electrons. The van der Waals surface area contributed by atoms with Crippen molar-refractivity contribution in [2.24, 2.45) is 0 Å². The van der Waals surface area contributed by atoms with Gasteiger partial charge in [-0.25, -0.2) is 9.48 Å². The third-order valence-corrected chi connectivity index (χ3v) is 4.78. The van der Waals surface area contributed by atoms with Gasteiger partial charge in [0, 0.05) is 11.5 Å². The molecule has 1 aromatic heterocycles. The standard InChI is InChI=1S/C23H27N3O3/c1-14-7-10-19(15(2)11-14)26-21(13-20(25-26)23(3,4)5)24-18-9-8-16(29-6)12-17(18)22(27)28/h7-13,24H,1-6H3,(H,27,28). The van der Waals surface area contributed by atoms with Gasteiger partial charge in [-0.05, 0) is 43.7 Å². The van der Waals surface area contributed by atoms with Crippen LogP contribution in [-0.2, 0) is 5.41 Å². The van der Waals surface area contributed by atoms with Crippen LogP contribution in [0.25, 0.3) is 5.69 Å². The molecule has 6 heteroatoms. The first-order valence-electron chi connectivity index (χ1n) is 9.46. The van der Waals surface area contributed by atoms with Crippen LogP contribution in [0, 0.1) is 13.8 Å². The minimum atomic E-state index is -1.03. The van der Waals surface area contributed by atoms with Crippen LogP contribution in [0.4, 0.5) is 11.5 Å². The van der Waals surface area contributed by atoms with Crippen molar-refractivity contribution in [1.82, 2.24) is 9.78 Å². The number of carboxylic acids is 1. The number of hydrogen-bond donors (Lipinski definition) is 2. The van der Waals surface area contributed by atoms with Gasteiger partial charge >= 0.3 is 5.97 Å². The van der Waals surface area contributed by atoms with Crippen LogP contribution in [0.3, 0.4) is 0 Å². The number of methoxy groups -OCH3 is 1. The van der Waals surface area contributed by atoms with E-state index in [2.05, 4.69) is 39.1 Å². The van der Waals surface area contributed by atoms with Gasteiger partial charge in [0.2, 0.25) is 0 Å². The van der Waals surface area contributed by atoms with Crippen molar-refractivity contribution in [1.29, 1.82) is 0 Å². The van der Waals surface area contributed by atoms with Gasteiger partial charge in [-0.3, -0.25) is 0 Å². The van der Waals surface area contributed by atoms with Crippen LogP contribution in [-0.4, -0.2) is 28.0 Å². The number of nitrogens with zero attached hydrogens (tertiary/aromatic N) is 2. The first kappa shape index (κ1) is 20.5. The highest BCUT2D eigenvalue weighted by atomic mass is 16.5. The maximum absolute atomic E-state index is 11.8. The molecule has 3 aromatic rings. The number of benzene rings is 2. The van der Waals surface area contributed by atoms with E-state index in [9.17, 15) is 9.90 Å². The number of carbonyl (C=O) groups is 1. The molecule has 0 saturated carbocycles. The molecule has 2 aromatic carbocycles. The summed E-state index contributed by atoms with van der Waals surface area (Å²) >= 11 is 0. The zero-order valence-corrected chi connectivity index (χ0v) is 17.7. The molecule has 0 aliphatic rings. The molecule has 6 nitrogen and oxygen atoms in total. The minimum Gasteiger partial charge on any atom is -0.497 e. The number of anilines is 2. The molecule has 0 unspecified atom stereocenters. The Labute approximate surface area is 171 Å². The van der Waals surface area contributed by atoms with Crippen molar-refractivity contribution < 1.29 is 14.6 Å². The van der Waals surface area contributed by atoms with Gasteiger partial charge in [-0.1, -0.05) is 38.5 Å².